The summed E-state index contributed by atoms with van der Waals surface area (Å²) in [5, 5.41) is 0. The van der Waals surface area contributed by atoms with Gasteiger partial charge in [-0.1, -0.05) is 6.92 Å². The normalized spacial score (nSPS) is 24.6. The zero-order valence-electron chi connectivity index (χ0n) is 8.02. The summed E-state index contributed by atoms with van der Waals surface area (Å²) in [5.41, 5.74) is 0.829. The Balaban J connectivity index is 2.78. The van der Waals surface area contributed by atoms with Crippen molar-refractivity contribution < 1.29 is 9.53 Å². The van der Waals surface area contributed by atoms with Gasteiger partial charge in [-0.3, -0.25) is 4.79 Å². The third-order valence-corrected chi connectivity index (χ3v) is 2.36. The predicted octanol–water partition coefficient (Wildman–Crippen LogP) is 2.30. The lowest BCUT2D eigenvalue weighted by Gasteiger charge is -2.21. The molecule has 0 bridgehead atoms. The molecule has 0 fully saturated rings. The van der Waals surface area contributed by atoms with Gasteiger partial charge in [0.05, 0.1) is 6.61 Å². The highest BCUT2D eigenvalue weighted by molar-refractivity contribution is 5.97. The van der Waals surface area contributed by atoms with Gasteiger partial charge in [-0.25, -0.2) is 0 Å². The van der Waals surface area contributed by atoms with Crippen LogP contribution in [0.5, 0.6) is 0 Å². The largest absolute Gasteiger partial charge is 0.498 e. The molecular formula is C10H16O2. The number of allylic oxidation sites excluding steroid dienone is 2. The van der Waals surface area contributed by atoms with Gasteiger partial charge in [0.15, 0.2) is 5.78 Å². The highest BCUT2D eigenvalue weighted by atomic mass is 16.5. The predicted molar refractivity (Wildman–Crippen MR) is 47.7 cm³/mol. The smallest absolute Gasteiger partial charge is 0.164 e. The van der Waals surface area contributed by atoms with E-state index in [1.165, 1.54) is 0 Å². The quantitative estimate of drug-likeness (QED) is 0.632. The van der Waals surface area contributed by atoms with Crippen LogP contribution in [0.3, 0.4) is 0 Å². The van der Waals surface area contributed by atoms with Crippen molar-refractivity contribution in [3.63, 3.8) is 0 Å². The van der Waals surface area contributed by atoms with E-state index in [0.717, 1.165) is 24.2 Å². The zero-order valence-corrected chi connectivity index (χ0v) is 8.02. The van der Waals surface area contributed by atoms with Gasteiger partial charge < -0.3 is 4.74 Å². The number of carbonyl (C=O) groups is 1. The van der Waals surface area contributed by atoms with E-state index in [-0.39, 0.29) is 11.7 Å². The molecule has 0 radical (unpaired) electrons. The Morgan fingerprint density at radius 1 is 1.58 bits per heavy atom. The molecule has 1 unspecified atom stereocenters. The highest BCUT2D eigenvalue weighted by Gasteiger charge is 2.24. The van der Waals surface area contributed by atoms with Crippen LogP contribution in [-0.2, 0) is 9.53 Å². The standard InChI is InChI=1S/C10H16O2/c1-4-12-9-6-5-7(2)10(11)8(9)3/h7H,4-6H2,1-3H3. The third kappa shape index (κ3) is 1.68. The number of hydrogen-bond donors (Lipinski definition) is 0. The van der Waals surface area contributed by atoms with Gasteiger partial charge in [0.1, 0.15) is 5.76 Å². The van der Waals surface area contributed by atoms with Crippen molar-refractivity contribution in [2.75, 3.05) is 6.61 Å². The van der Waals surface area contributed by atoms with Crippen LogP contribution in [0.25, 0.3) is 0 Å². The maximum Gasteiger partial charge on any atom is 0.164 e. The summed E-state index contributed by atoms with van der Waals surface area (Å²) in [5.74, 6) is 1.35. The molecule has 0 saturated heterocycles. The first-order valence-corrected chi connectivity index (χ1v) is 4.53. The lowest BCUT2D eigenvalue weighted by atomic mass is 9.88. The Morgan fingerprint density at radius 2 is 2.25 bits per heavy atom. The molecule has 0 aromatic heterocycles. The van der Waals surface area contributed by atoms with Crippen molar-refractivity contribution in [3.8, 4) is 0 Å². The number of hydrogen-bond acceptors (Lipinski definition) is 2. The average molecular weight is 168 g/mol. The van der Waals surface area contributed by atoms with E-state index in [1.807, 2.05) is 20.8 Å². The fourth-order valence-corrected chi connectivity index (χ4v) is 1.53. The molecule has 0 saturated carbocycles. The van der Waals surface area contributed by atoms with Crippen molar-refractivity contribution in [2.24, 2.45) is 5.92 Å². The van der Waals surface area contributed by atoms with Crippen molar-refractivity contribution in [3.05, 3.63) is 11.3 Å². The molecule has 1 rings (SSSR count). The van der Waals surface area contributed by atoms with Crippen LogP contribution in [0.15, 0.2) is 11.3 Å². The molecule has 0 aromatic carbocycles. The summed E-state index contributed by atoms with van der Waals surface area (Å²) in [7, 11) is 0. The number of ether oxygens (including phenoxy) is 1. The Kier molecular flexibility index (Phi) is 2.90. The van der Waals surface area contributed by atoms with Gasteiger partial charge in [-0.15, -0.1) is 0 Å². The van der Waals surface area contributed by atoms with Crippen LogP contribution in [-0.4, -0.2) is 12.4 Å². The van der Waals surface area contributed by atoms with Crippen LogP contribution in [0.4, 0.5) is 0 Å². The van der Waals surface area contributed by atoms with Gasteiger partial charge >= 0.3 is 0 Å². The maximum atomic E-state index is 11.5. The van der Waals surface area contributed by atoms with Gasteiger partial charge in [0.2, 0.25) is 0 Å². The van der Waals surface area contributed by atoms with E-state index in [0.29, 0.717) is 6.61 Å². The van der Waals surface area contributed by atoms with E-state index in [9.17, 15) is 4.79 Å². The first kappa shape index (κ1) is 9.30. The maximum absolute atomic E-state index is 11.5. The summed E-state index contributed by atoms with van der Waals surface area (Å²) in [6.07, 6.45) is 1.86. The van der Waals surface area contributed by atoms with Crippen LogP contribution < -0.4 is 0 Å². The van der Waals surface area contributed by atoms with E-state index in [1.54, 1.807) is 0 Å². The number of ketones is 1. The molecular weight excluding hydrogens is 152 g/mol. The minimum atomic E-state index is 0.189. The lowest BCUT2D eigenvalue weighted by Crippen LogP contribution is -2.19. The molecule has 0 N–H and O–H groups in total. The Hall–Kier alpha value is -0.790. The molecule has 0 aliphatic heterocycles. The monoisotopic (exact) mass is 168 g/mol. The number of carbonyl (C=O) groups excluding carboxylic acids is 1. The minimum absolute atomic E-state index is 0.189. The summed E-state index contributed by atoms with van der Waals surface area (Å²) in [6.45, 7) is 6.45. The Morgan fingerprint density at radius 3 is 2.83 bits per heavy atom. The Bertz CT molecular complexity index is 216. The third-order valence-electron chi connectivity index (χ3n) is 2.36. The second-order valence-corrected chi connectivity index (χ2v) is 3.29. The molecule has 1 aliphatic carbocycles. The summed E-state index contributed by atoms with van der Waals surface area (Å²) in [6, 6.07) is 0. The van der Waals surface area contributed by atoms with E-state index < -0.39 is 0 Å². The molecule has 0 spiro atoms. The second kappa shape index (κ2) is 3.74. The first-order valence-electron chi connectivity index (χ1n) is 4.53. The SMILES string of the molecule is CCOC1=C(C)C(=O)C(C)CC1. The lowest BCUT2D eigenvalue weighted by molar-refractivity contribution is -0.119. The molecule has 2 heteroatoms. The van der Waals surface area contributed by atoms with E-state index in [4.69, 9.17) is 4.74 Å². The van der Waals surface area contributed by atoms with Gasteiger partial charge in [-0.2, -0.15) is 0 Å². The molecule has 12 heavy (non-hydrogen) atoms. The van der Waals surface area contributed by atoms with Crippen LogP contribution >= 0.6 is 0 Å². The summed E-state index contributed by atoms with van der Waals surface area (Å²) >= 11 is 0. The van der Waals surface area contributed by atoms with E-state index >= 15 is 0 Å². The Labute approximate surface area is 73.6 Å². The van der Waals surface area contributed by atoms with Crippen LogP contribution in [0.1, 0.15) is 33.6 Å². The molecule has 1 aliphatic rings. The fraction of sp³-hybridized carbons (Fsp3) is 0.700. The van der Waals surface area contributed by atoms with Crippen LogP contribution in [0.2, 0.25) is 0 Å². The van der Waals surface area contributed by atoms with Gasteiger partial charge in [-0.05, 0) is 20.3 Å². The molecule has 0 aromatic rings. The summed E-state index contributed by atoms with van der Waals surface area (Å²) in [4.78, 5) is 11.5. The van der Waals surface area contributed by atoms with Crippen molar-refractivity contribution >= 4 is 5.78 Å². The zero-order chi connectivity index (χ0) is 9.14. The topological polar surface area (TPSA) is 26.3 Å². The minimum Gasteiger partial charge on any atom is -0.498 e. The van der Waals surface area contributed by atoms with E-state index in [2.05, 4.69) is 0 Å². The van der Waals surface area contributed by atoms with Crippen LogP contribution in [0, 0.1) is 5.92 Å². The molecule has 1 atom stereocenters. The second-order valence-electron chi connectivity index (χ2n) is 3.29. The molecule has 68 valence electrons. The van der Waals surface area contributed by atoms with Gasteiger partial charge in [0.25, 0.3) is 0 Å². The fourth-order valence-electron chi connectivity index (χ4n) is 1.53. The first-order chi connectivity index (χ1) is 5.66. The molecule has 0 amide bonds. The van der Waals surface area contributed by atoms with Crippen molar-refractivity contribution in [1.82, 2.24) is 0 Å². The number of rotatable bonds is 2. The summed E-state index contributed by atoms with van der Waals surface area (Å²) < 4.78 is 5.37. The van der Waals surface area contributed by atoms with Crippen molar-refractivity contribution in [2.45, 2.75) is 33.6 Å². The van der Waals surface area contributed by atoms with Crippen molar-refractivity contribution in [1.29, 1.82) is 0 Å². The molecule has 0 heterocycles. The highest BCUT2D eigenvalue weighted by Crippen LogP contribution is 2.26. The average Bonchev–Trinajstić information content (AvgIpc) is 2.07. The number of Topliss-reactive ketones (excluding diaryl/α,β-unsaturated/α-hetero) is 1. The van der Waals surface area contributed by atoms with Gasteiger partial charge in [0, 0.05) is 17.9 Å². The molecule has 2 nitrogen and oxygen atoms in total.